The van der Waals surface area contributed by atoms with Crippen LogP contribution in [0.5, 0.6) is 5.75 Å². The highest BCUT2D eigenvalue weighted by Gasteiger charge is 2.08. The highest BCUT2D eigenvalue weighted by molar-refractivity contribution is 9.10. The Hall–Kier alpha value is -1.43. The fourth-order valence-electron chi connectivity index (χ4n) is 2.34. The second-order valence-electron chi connectivity index (χ2n) is 5.74. The summed E-state index contributed by atoms with van der Waals surface area (Å²) < 4.78 is 6.69. The Labute approximate surface area is 174 Å². The zero-order chi connectivity index (χ0) is 17.9. The Morgan fingerprint density at radius 3 is 2.23 bits per heavy atom. The summed E-state index contributed by atoms with van der Waals surface area (Å²) >= 11 is 3.38. The molecule has 5 heteroatoms. The van der Waals surface area contributed by atoms with Crippen LogP contribution in [0.4, 0.5) is 0 Å². The van der Waals surface area contributed by atoms with Crippen molar-refractivity contribution in [3.63, 3.8) is 0 Å². The number of ether oxygens (including phenoxy) is 1. The number of carbonyl (C=O) groups is 1. The van der Waals surface area contributed by atoms with Crippen LogP contribution in [0.1, 0.15) is 35.2 Å². The Kier molecular flexibility index (Phi) is 11.2. The summed E-state index contributed by atoms with van der Waals surface area (Å²) in [4.78, 5) is 12.4. The van der Waals surface area contributed by atoms with E-state index in [1.807, 2.05) is 54.6 Å². The van der Waals surface area contributed by atoms with Gasteiger partial charge in [0.15, 0.2) is 5.78 Å². The van der Waals surface area contributed by atoms with Crippen molar-refractivity contribution < 1.29 is 9.53 Å². The van der Waals surface area contributed by atoms with E-state index in [0.717, 1.165) is 42.6 Å². The molecule has 0 atom stereocenters. The van der Waals surface area contributed by atoms with Crippen LogP contribution in [0.3, 0.4) is 0 Å². The lowest BCUT2D eigenvalue weighted by molar-refractivity contribution is 0.103. The van der Waals surface area contributed by atoms with Crippen LogP contribution < -0.4 is 10.1 Å². The van der Waals surface area contributed by atoms with E-state index in [9.17, 15) is 4.79 Å². The lowest BCUT2D eigenvalue weighted by Gasteiger charge is -2.08. The molecule has 0 aliphatic carbocycles. The van der Waals surface area contributed by atoms with Gasteiger partial charge in [0.05, 0.1) is 6.61 Å². The van der Waals surface area contributed by atoms with E-state index >= 15 is 0 Å². The van der Waals surface area contributed by atoms with Crippen LogP contribution in [0.15, 0.2) is 65.7 Å². The molecule has 2 rings (SSSR count). The van der Waals surface area contributed by atoms with E-state index in [1.165, 1.54) is 0 Å². The standard InChI is InChI=1S/C21H24BrNO2.BrH/c1-2-3-14-23-15-4-5-16-25-20-12-8-18(9-13-20)21(24)17-6-10-19(22)11-7-17;/h2,6-13,23H,1,3-5,14-16H2;1H. The molecule has 0 heterocycles. The number of hydrogen-bond acceptors (Lipinski definition) is 3. The minimum atomic E-state index is 0. The van der Waals surface area contributed by atoms with E-state index in [2.05, 4.69) is 27.8 Å². The van der Waals surface area contributed by atoms with Gasteiger partial charge in [-0.1, -0.05) is 22.0 Å². The first-order valence-corrected chi connectivity index (χ1v) is 9.35. The van der Waals surface area contributed by atoms with Gasteiger partial charge in [0, 0.05) is 15.6 Å². The van der Waals surface area contributed by atoms with Gasteiger partial charge in [-0.05, 0) is 80.9 Å². The molecule has 0 aromatic heterocycles. The minimum absolute atomic E-state index is 0. The van der Waals surface area contributed by atoms with Crippen LogP contribution in [0.25, 0.3) is 0 Å². The number of ketones is 1. The number of nitrogens with one attached hydrogen (secondary N) is 1. The number of benzene rings is 2. The van der Waals surface area contributed by atoms with Crippen LogP contribution in [0, 0.1) is 0 Å². The maximum atomic E-state index is 12.4. The van der Waals surface area contributed by atoms with Gasteiger partial charge in [0.25, 0.3) is 0 Å². The second-order valence-corrected chi connectivity index (χ2v) is 6.66. The summed E-state index contributed by atoms with van der Waals surface area (Å²) in [6.07, 6.45) is 5.00. The van der Waals surface area contributed by atoms with E-state index < -0.39 is 0 Å². The molecule has 2 aromatic carbocycles. The van der Waals surface area contributed by atoms with Crippen molar-refractivity contribution in [1.82, 2.24) is 5.32 Å². The molecule has 0 spiro atoms. The van der Waals surface area contributed by atoms with Crippen molar-refractivity contribution in [3.8, 4) is 5.75 Å². The monoisotopic (exact) mass is 481 g/mol. The summed E-state index contributed by atoms with van der Waals surface area (Å²) in [7, 11) is 0. The molecule has 0 bridgehead atoms. The molecular weight excluding hydrogens is 458 g/mol. The highest BCUT2D eigenvalue weighted by atomic mass is 79.9. The van der Waals surface area contributed by atoms with Crippen molar-refractivity contribution >= 4 is 38.7 Å². The highest BCUT2D eigenvalue weighted by Crippen LogP contribution is 2.17. The molecule has 3 nitrogen and oxygen atoms in total. The molecule has 0 aliphatic rings. The Balaban J connectivity index is 0.00000338. The van der Waals surface area contributed by atoms with Gasteiger partial charge in [-0.25, -0.2) is 0 Å². The Morgan fingerprint density at radius 1 is 1.00 bits per heavy atom. The van der Waals surface area contributed by atoms with Gasteiger partial charge in [0.2, 0.25) is 0 Å². The quantitative estimate of drug-likeness (QED) is 0.258. The van der Waals surface area contributed by atoms with Crippen molar-refractivity contribution in [2.24, 2.45) is 0 Å². The molecule has 0 saturated carbocycles. The van der Waals surface area contributed by atoms with Crippen molar-refractivity contribution in [2.45, 2.75) is 19.3 Å². The van der Waals surface area contributed by atoms with Crippen LogP contribution in [-0.2, 0) is 0 Å². The number of hydrogen-bond donors (Lipinski definition) is 1. The van der Waals surface area contributed by atoms with Crippen LogP contribution in [-0.4, -0.2) is 25.5 Å². The molecule has 1 N–H and O–H groups in total. The summed E-state index contributed by atoms with van der Waals surface area (Å²) in [6.45, 7) is 6.36. The van der Waals surface area contributed by atoms with Gasteiger partial charge in [-0.15, -0.1) is 23.6 Å². The lowest BCUT2D eigenvalue weighted by atomic mass is 10.0. The van der Waals surface area contributed by atoms with Gasteiger partial charge in [-0.2, -0.15) is 0 Å². The van der Waals surface area contributed by atoms with Crippen molar-refractivity contribution in [1.29, 1.82) is 0 Å². The molecular formula is C21H25Br2NO2. The van der Waals surface area contributed by atoms with Gasteiger partial charge < -0.3 is 10.1 Å². The third-order valence-corrected chi connectivity index (χ3v) is 4.29. The minimum Gasteiger partial charge on any atom is -0.494 e. The molecule has 2 aromatic rings. The third kappa shape index (κ3) is 7.85. The van der Waals surface area contributed by atoms with E-state index in [0.29, 0.717) is 17.7 Å². The summed E-state index contributed by atoms with van der Waals surface area (Å²) in [5, 5.41) is 3.36. The number of rotatable bonds is 11. The van der Waals surface area contributed by atoms with E-state index in [1.54, 1.807) is 0 Å². The maximum absolute atomic E-state index is 12.4. The van der Waals surface area contributed by atoms with E-state index in [-0.39, 0.29) is 22.8 Å². The molecule has 26 heavy (non-hydrogen) atoms. The normalized spacial score (nSPS) is 10.0. The zero-order valence-electron chi connectivity index (χ0n) is 14.7. The molecule has 0 amide bonds. The maximum Gasteiger partial charge on any atom is 0.193 e. The van der Waals surface area contributed by atoms with Gasteiger partial charge >= 0.3 is 0 Å². The number of carbonyl (C=O) groups excluding carboxylic acids is 1. The lowest BCUT2D eigenvalue weighted by Crippen LogP contribution is -2.16. The zero-order valence-corrected chi connectivity index (χ0v) is 18.0. The SMILES string of the molecule is Br.C=CCCNCCCCOc1ccc(C(=O)c2ccc(Br)cc2)cc1. The first-order valence-electron chi connectivity index (χ1n) is 8.55. The first kappa shape index (κ1) is 22.6. The molecule has 0 unspecified atom stereocenters. The van der Waals surface area contributed by atoms with Crippen LogP contribution in [0.2, 0.25) is 0 Å². The van der Waals surface area contributed by atoms with Crippen LogP contribution >= 0.6 is 32.9 Å². The van der Waals surface area contributed by atoms with E-state index in [4.69, 9.17) is 4.74 Å². The fraction of sp³-hybridized carbons (Fsp3) is 0.286. The van der Waals surface area contributed by atoms with Gasteiger partial charge in [0.1, 0.15) is 5.75 Å². The van der Waals surface area contributed by atoms with Gasteiger partial charge in [-0.3, -0.25) is 4.79 Å². The molecule has 140 valence electrons. The topological polar surface area (TPSA) is 38.3 Å². The molecule has 0 radical (unpaired) electrons. The summed E-state index contributed by atoms with van der Waals surface area (Å²) in [5.41, 5.74) is 1.35. The predicted molar refractivity (Wildman–Crippen MR) is 117 cm³/mol. The second kappa shape index (κ2) is 12.8. The fourth-order valence-corrected chi connectivity index (χ4v) is 2.61. The predicted octanol–water partition coefficient (Wildman–Crippen LogP) is 5.58. The Morgan fingerprint density at radius 2 is 1.62 bits per heavy atom. The number of halogens is 2. The molecule has 0 fully saturated rings. The largest absolute Gasteiger partial charge is 0.494 e. The summed E-state index contributed by atoms with van der Waals surface area (Å²) in [6, 6.07) is 14.7. The first-order chi connectivity index (χ1) is 12.2. The molecule has 0 saturated heterocycles. The average molecular weight is 483 g/mol. The Bertz CT molecular complexity index is 669. The number of unbranched alkanes of at least 4 members (excludes halogenated alkanes) is 1. The summed E-state index contributed by atoms with van der Waals surface area (Å²) in [5.74, 6) is 0.816. The third-order valence-electron chi connectivity index (χ3n) is 3.76. The van der Waals surface area contributed by atoms with Crippen molar-refractivity contribution in [2.75, 3.05) is 19.7 Å². The smallest absolute Gasteiger partial charge is 0.193 e. The molecule has 0 aliphatic heterocycles. The average Bonchev–Trinajstić information content (AvgIpc) is 2.64. The van der Waals surface area contributed by atoms with Crippen molar-refractivity contribution in [3.05, 3.63) is 76.8 Å².